The highest BCUT2D eigenvalue weighted by molar-refractivity contribution is 7.47. The molecule has 16 nitrogen and oxygen atoms in total. The largest absolute Gasteiger partial charge is 0.472 e. The summed E-state index contributed by atoms with van der Waals surface area (Å²) in [5.41, 5.74) is 0. The quantitative estimate of drug-likeness (QED) is 0.0146. The lowest BCUT2D eigenvalue weighted by Crippen LogP contribution is -2.30. The van der Waals surface area contributed by atoms with Gasteiger partial charge in [-0.1, -0.05) is 331 Å². The second-order valence-corrected chi connectivity index (χ2v) is 30.7. The van der Waals surface area contributed by atoms with Crippen LogP contribution in [0, 0.1) is 0 Å². The Morgan fingerprint density at radius 2 is 0.450 bits per heavy atom. The monoisotopic (exact) mass is 1590 g/mol. The fourth-order valence-corrected chi connectivity index (χ4v) is 12.5. The molecule has 0 aromatic carbocycles. The average molecular weight is 1590 g/mol. The van der Waals surface area contributed by atoms with Gasteiger partial charge in [0, 0.05) is 19.3 Å². The lowest BCUT2D eigenvalue weighted by molar-refractivity contribution is -0.161. The fourth-order valence-electron chi connectivity index (χ4n) is 10.9. The Morgan fingerprint density at radius 3 is 0.712 bits per heavy atom. The van der Waals surface area contributed by atoms with Gasteiger partial charge in [0.05, 0.1) is 26.4 Å². The molecule has 0 aromatic heterocycles. The minimum atomic E-state index is -4.95. The van der Waals surface area contributed by atoms with Crippen LogP contribution in [0.5, 0.6) is 0 Å². The van der Waals surface area contributed by atoms with Gasteiger partial charge in [0.1, 0.15) is 25.4 Å². The average Bonchev–Trinajstić information content (AvgIpc) is 0.900. The Kier molecular flexibility index (Phi) is 79.6. The van der Waals surface area contributed by atoms with Crippen LogP contribution in [0.3, 0.4) is 0 Å². The van der Waals surface area contributed by atoms with Gasteiger partial charge in [-0.25, -0.2) is 9.13 Å². The molecule has 18 heteroatoms. The van der Waals surface area contributed by atoms with Crippen molar-refractivity contribution in [2.24, 2.45) is 0 Å². The third kappa shape index (κ3) is 85.1. The van der Waals surface area contributed by atoms with Gasteiger partial charge in [0.2, 0.25) is 0 Å². The number of phosphoric acid groups is 2. The van der Waals surface area contributed by atoms with Crippen LogP contribution in [-0.4, -0.2) is 95.9 Å². The molecule has 0 aromatic rings. The third-order valence-electron chi connectivity index (χ3n) is 17.3. The van der Waals surface area contributed by atoms with Crippen molar-refractivity contribution in [2.75, 3.05) is 39.6 Å². The number of allylic oxidation sites excluding steroid dienone is 32. The first-order chi connectivity index (χ1) is 54.2. The number of phosphoric ester groups is 2. The second kappa shape index (κ2) is 83.8. The summed E-state index contributed by atoms with van der Waals surface area (Å²) in [6.07, 6.45) is 110. The highest BCUT2D eigenvalue weighted by atomic mass is 31.2. The van der Waals surface area contributed by atoms with E-state index in [2.05, 4.69) is 215 Å². The van der Waals surface area contributed by atoms with E-state index in [9.17, 15) is 43.5 Å². The van der Waals surface area contributed by atoms with Crippen molar-refractivity contribution in [3.05, 3.63) is 194 Å². The van der Waals surface area contributed by atoms with E-state index in [4.69, 9.17) is 32.3 Å². The van der Waals surface area contributed by atoms with Gasteiger partial charge in [0.15, 0.2) is 6.10 Å². The van der Waals surface area contributed by atoms with E-state index in [0.717, 1.165) is 193 Å². The first-order valence-corrected chi connectivity index (χ1v) is 45.7. The number of aliphatic hydroxyl groups is 2. The summed E-state index contributed by atoms with van der Waals surface area (Å²) in [5, 5.41) is 20.7. The smallest absolute Gasteiger partial charge is 0.463 e. The van der Waals surface area contributed by atoms with Crippen LogP contribution in [-0.2, 0) is 55.8 Å². The molecule has 5 unspecified atom stereocenters. The molecule has 0 bridgehead atoms. The molecule has 0 fully saturated rings. The number of carbonyl (C=O) groups excluding carboxylic acids is 3. The van der Waals surface area contributed by atoms with Crippen LogP contribution in [0.25, 0.3) is 0 Å². The van der Waals surface area contributed by atoms with Gasteiger partial charge in [-0.2, -0.15) is 0 Å². The van der Waals surface area contributed by atoms with E-state index in [1.165, 1.54) is 64.2 Å². The lowest BCUT2D eigenvalue weighted by Gasteiger charge is -2.21. The van der Waals surface area contributed by atoms with E-state index in [1.807, 2.05) is 0 Å². The molecule has 0 aliphatic heterocycles. The van der Waals surface area contributed by atoms with E-state index in [-0.39, 0.29) is 19.3 Å². The molecular formula is C93H152O16P2. The molecule has 4 N–H and O–H groups in total. The molecule has 5 atom stereocenters. The summed E-state index contributed by atoms with van der Waals surface area (Å²) in [5.74, 6) is -1.63. The van der Waals surface area contributed by atoms with Crippen LogP contribution >= 0.6 is 15.6 Å². The van der Waals surface area contributed by atoms with Gasteiger partial charge in [-0.15, -0.1) is 0 Å². The maximum absolute atomic E-state index is 13.0. The van der Waals surface area contributed by atoms with Crippen molar-refractivity contribution in [1.29, 1.82) is 0 Å². The Morgan fingerprint density at radius 1 is 0.252 bits per heavy atom. The Labute approximate surface area is 674 Å². The number of hydrogen-bond donors (Lipinski definition) is 4. The summed E-state index contributed by atoms with van der Waals surface area (Å²) in [4.78, 5) is 58.8. The van der Waals surface area contributed by atoms with Crippen molar-refractivity contribution in [3.8, 4) is 0 Å². The maximum Gasteiger partial charge on any atom is 0.472 e. The number of aliphatic hydroxyl groups excluding tert-OH is 2. The topological polar surface area (TPSA) is 231 Å². The number of rotatable bonds is 79. The van der Waals surface area contributed by atoms with Crippen LogP contribution in [0.15, 0.2) is 194 Å². The van der Waals surface area contributed by atoms with Crippen molar-refractivity contribution in [2.45, 2.75) is 334 Å². The number of hydrogen-bond acceptors (Lipinski definition) is 14. The van der Waals surface area contributed by atoms with Gasteiger partial charge in [0.25, 0.3) is 0 Å². The molecule has 0 rings (SSSR count). The summed E-state index contributed by atoms with van der Waals surface area (Å²) < 4.78 is 61.3. The Hall–Kier alpha value is -5.61. The highest BCUT2D eigenvalue weighted by Crippen LogP contribution is 2.45. The summed E-state index contributed by atoms with van der Waals surface area (Å²) >= 11 is 0. The first kappa shape index (κ1) is 105. The van der Waals surface area contributed by atoms with Gasteiger partial charge >= 0.3 is 33.6 Å². The Balaban J connectivity index is 4.59. The summed E-state index contributed by atoms with van der Waals surface area (Å²) in [6, 6.07) is 0. The summed E-state index contributed by atoms with van der Waals surface area (Å²) in [6.45, 7) is 2.29. The molecule has 0 radical (unpaired) electrons. The minimum absolute atomic E-state index is 0.0706. The van der Waals surface area contributed by atoms with E-state index in [1.54, 1.807) is 0 Å². The number of unbranched alkanes of at least 4 members (excludes halogenated alkanes) is 24. The molecule has 0 saturated carbocycles. The number of ether oxygens (including phenoxy) is 3. The van der Waals surface area contributed by atoms with Crippen LogP contribution in [0.1, 0.15) is 316 Å². The van der Waals surface area contributed by atoms with Gasteiger partial charge in [-0.05, 0) is 161 Å². The molecule has 0 heterocycles. The molecule has 111 heavy (non-hydrogen) atoms. The molecule has 630 valence electrons. The third-order valence-corrected chi connectivity index (χ3v) is 19.2. The maximum atomic E-state index is 13.0. The van der Waals surface area contributed by atoms with Crippen LogP contribution < -0.4 is 0 Å². The van der Waals surface area contributed by atoms with Crippen LogP contribution in [0.2, 0.25) is 0 Å². The zero-order chi connectivity index (χ0) is 80.8. The predicted molar refractivity (Wildman–Crippen MR) is 463 cm³/mol. The standard InChI is InChI=1S/C93H152O16P2/c1-4-7-10-13-16-19-22-25-28-31-34-37-38-39-40-41-42-43-44-45-46-47-48-51-53-55-58-61-64-67-70-73-76-79-91(96)103-82-88(94)83-105-110(99,100)106-84-89(95)85-107-111(101,102)108-87-90(109-93(98)81-78-75-72-69-66-63-60-57-54-50-36-33-30-27-24-21-18-15-12-9-6-3)86-104-92(97)80-77-74-71-68-65-62-59-56-52-49-35-32-29-26-23-20-17-14-11-8-5-2/h7-12,16-21,25-30,34-37,39-40,42-43,49-50,56-57,59-60,88-90,94-95H,4-6,13-15,22-24,31-33,38,41,44-48,51-55,58,61-87H2,1-3H3,(H,99,100)(H,101,102)/b10-7-,11-8-,12-9-,19-16-,20-17-,21-18-,28-25-,29-26-,30-27-,37-34-,40-39-,43-42-,49-35-,50-36-,59-56-,60-57-. The van der Waals surface area contributed by atoms with E-state index >= 15 is 0 Å². The zero-order valence-corrected chi connectivity index (χ0v) is 70.8. The molecule has 0 aliphatic rings. The fraction of sp³-hybridized carbons (Fsp3) is 0.624. The normalized spacial score (nSPS) is 14.8. The van der Waals surface area contributed by atoms with Crippen LogP contribution in [0.4, 0.5) is 0 Å². The number of carbonyl (C=O) groups is 3. The highest BCUT2D eigenvalue weighted by Gasteiger charge is 2.29. The van der Waals surface area contributed by atoms with E-state index < -0.39 is 91.5 Å². The predicted octanol–water partition coefficient (Wildman–Crippen LogP) is 25.9. The van der Waals surface area contributed by atoms with Crippen molar-refractivity contribution in [1.82, 2.24) is 0 Å². The van der Waals surface area contributed by atoms with Gasteiger partial charge < -0.3 is 34.2 Å². The SMILES string of the molecule is CC/C=C\C/C=C\C/C=C\C/C=C\C/C=C\C/C=C\CCCCCCCCCCCCCCCCC(=O)OCC(O)COP(=O)(O)OCC(O)COP(=O)(O)OCC(COC(=O)CCCCCCC/C=C\C/C=C\C/C=C\C/C=C\C/C=C\CC)OC(=O)CCCCCCC/C=C\C/C=C\C/C=C\C/C=C\C/C=C\CC. The lowest BCUT2D eigenvalue weighted by atomic mass is 10.0. The first-order valence-electron chi connectivity index (χ1n) is 42.7. The van der Waals surface area contributed by atoms with Gasteiger partial charge in [-0.3, -0.25) is 32.5 Å². The minimum Gasteiger partial charge on any atom is -0.463 e. The van der Waals surface area contributed by atoms with Crippen molar-refractivity contribution in [3.63, 3.8) is 0 Å². The summed E-state index contributed by atoms with van der Waals surface area (Å²) in [7, 11) is -9.83. The van der Waals surface area contributed by atoms with Crippen molar-refractivity contribution < 1.29 is 75.8 Å². The zero-order valence-electron chi connectivity index (χ0n) is 69.1. The molecule has 0 amide bonds. The van der Waals surface area contributed by atoms with E-state index in [0.29, 0.717) is 19.3 Å². The molecule has 0 spiro atoms. The Bertz CT molecular complexity index is 2800. The van der Waals surface area contributed by atoms with Crippen molar-refractivity contribution >= 4 is 33.6 Å². The second-order valence-electron chi connectivity index (χ2n) is 27.8. The molecule has 0 aliphatic carbocycles. The molecule has 0 saturated heterocycles. The number of esters is 3. The molecular weight excluding hydrogens is 1430 g/mol.